The first-order valence-electron chi connectivity index (χ1n) is 10.2. The van der Waals surface area contributed by atoms with E-state index in [0.29, 0.717) is 19.4 Å². The van der Waals surface area contributed by atoms with Gasteiger partial charge in [-0.2, -0.15) is 0 Å². The maximum atomic E-state index is 12.1. The molecule has 1 N–H and O–H groups in total. The number of hydrogen-bond donors (Lipinski definition) is 1. The number of nitrogens with one attached hydrogen (secondary N) is 1. The number of fused-ring (bicyclic) bond motifs is 1. The summed E-state index contributed by atoms with van der Waals surface area (Å²) in [6.07, 6.45) is 7.88. The van der Waals surface area contributed by atoms with Crippen molar-refractivity contribution in [1.82, 2.24) is 10.3 Å². The fourth-order valence-corrected chi connectivity index (χ4v) is 4.77. The lowest BCUT2D eigenvalue weighted by Crippen LogP contribution is -2.24. The van der Waals surface area contributed by atoms with Gasteiger partial charge in [-0.3, -0.25) is 4.79 Å². The van der Waals surface area contributed by atoms with Gasteiger partial charge in [0.25, 0.3) is 0 Å². The van der Waals surface area contributed by atoms with Crippen LogP contribution in [0.4, 0.5) is 0 Å². The van der Waals surface area contributed by atoms with E-state index >= 15 is 0 Å². The van der Waals surface area contributed by atoms with Crippen LogP contribution < -0.4 is 5.32 Å². The highest BCUT2D eigenvalue weighted by molar-refractivity contribution is 7.11. The number of aryl methyl sites for hydroxylation is 4. The van der Waals surface area contributed by atoms with Gasteiger partial charge in [-0.15, -0.1) is 11.3 Å². The molecule has 0 saturated carbocycles. The zero-order chi connectivity index (χ0) is 19.2. The average Bonchev–Trinajstić information content (AvgIpc) is 3.37. The molecule has 1 aliphatic carbocycles. The van der Waals surface area contributed by atoms with Crippen LogP contribution in [0.2, 0.25) is 0 Å². The van der Waals surface area contributed by atoms with Crippen LogP contribution in [0.25, 0.3) is 11.3 Å². The van der Waals surface area contributed by atoms with Crippen molar-refractivity contribution in [2.45, 2.75) is 51.4 Å². The monoisotopic (exact) mass is 394 g/mol. The Hall–Kier alpha value is -2.40. The lowest BCUT2D eigenvalue weighted by molar-refractivity contribution is -0.121. The van der Waals surface area contributed by atoms with E-state index in [9.17, 15) is 4.79 Å². The van der Waals surface area contributed by atoms with Gasteiger partial charge < -0.3 is 9.73 Å². The second-order valence-corrected chi connectivity index (χ2v) is 8.44. The molecule has 0 saturated heterocycles. The second-order valence-electron chi connectivity index (χ2n) is 7.27. The van der Waals surface area contributed by atoms with Crippen molar-refractivity contribution in [3.8, 4) is 11.3 Å². The normalized spacial score (nSPS) is 13.3. The van der Waals surface area contributed by atoms with E-state index in [-0.39, 0.29) is 5.91 Å². The Morgan fingerprint density at radius 3 is 2.79 bits per heavy atom. The molecule has 2 heterocycles. The van der Waals surface area contributed by atoms with Gasteiger partial charge in [0, 0.05) is 36.2 Å². The average molecular weight is 395 g/mol. The second kappa shape index (κ2) is 9.20. The number of thiazole rings is 1. The van der Waals surface area contributed by atoms with Gasteiger partial charge in [0.15, 0.2) is 0 Å². The Labute approximate surface area is 170 Å². The van der Waals surface area contributed by atoms with Crippen LogP contribution in [0.5, 0.6) is 0 Å². The van der Waals surface area contributed by atoms with Crippen LogP contribution in [-0.4, -0.2) is 17.4 Å². The van der Waals surface area contributed by atoms with Crippen LogP contribution in [0, 0.1) is 0 Å². The van der Waals surface area contributed by atoms with Crippen LogP contribution in [0.3, 0.4) is 0 Å². The molecule has 0 bridgehead atoms. The van der Waals surface area contributed by atoms with Crippen LogP contribution in [0.15, 0.2) is 46.9 Å². The van der Waals surface area contributed by atoms with E-state index in [2.05, 4.69) is 5.32 Å². The molecule has 0 radical (unpaired) electrons. The molecule has 0 spiro atoms. The molecule has 146 valence electrons. The molecule has 1 amide bonds. The number of benzene rings is 1. The molecule has 0 fully saturated rings. The minimum absolute atomic E-state index is 0.0797. The summed E-state index contributed by atoms with van der Waals surface area (Å²) in [5, 5.41) is 4.25. The number of carbonyl (C=O) groups excluding carboxylic acids is 1. The van der Waals surface area contributed by atoms with Gasteiger partial charge in [0.2, 0.25) is 5.91 Å². The van der Waals surface area contributed by atoms with Crippen LogP contribution in [-0.2, 0) is 30.5 Å². The van der Waals surface area contributed by atoms with Crippen LogP contribution in [0.1, 0.15) is 47.0 Å². The zero-order valence-corrected chi connectivity index (χ0v) is 16.9. The minimum Gasteiger partial charge on any atom is -0.461 e. The summed E-state index contributed by atoms with van der Waals surface area (Å²) in [5.41, 5.74) is 2.38. The van der Waals surface area contributed by atoms with Crippen molar-refractivity contribution < 1.29 is 9.21 Å². The molecular weight excluding hydrogens is 368 g/mol. The standard InChI is InChI=1S/C23H26N2O2S/c26-22(15-13-18-12-14-20(27-18)17-7-2-1-3-8-17)24-16-6-11-23-25-19-9-4-5-10-21(19)28-23/h1-3,7-8,12,14H,4-6,9-11,13,15-16H2,(H,24,26). The number of hydrogen-bond acceptors (Lipinski definition) is 4. The van der Waals surface area contributed by atoms with E-state index in [0.717, 1.165) is 36.3 Å². The summed E-state index contributed by atoms with van der Waals surface area (Å²) in [4.78, 5) is 18.3. The maximum Gasteiger partial charge on any atom is 0.220 e. The molecule has 4 rings (SSSR count). The van der Waals surface area contributed by atoms with Crippen molar-refractivity contribution >= 4 is 17.2 Å². The smallest absolute Gasteiger partial charge is 0.220 e. The third-order valence-electron chi connectivity index (χ3n) is 5.10. The molecular formula is C23H26N2O2S. The fourth-order valence-electron chi connectivity index (χ4n) is 3.57. The quantitative estimate of drug-likeness (QED) is 0.549. The molecule has 3 aromatic rings. The van der Waals surface area contributed by atoms with E-state index in [1.165, 1.54) is 34.8 Å². The summed E-state index contributed by atoms with van der Waals surface area (Å²) in [6, 6.07) is 13.9. The van der Waals surface area contributed by atoms with E-state index in [1.807, 2.05) is 53.8 Å². The summed E-state index contributed by atoms with van der Waals surface area (Å²) in [5.74, 6) is 1.78. The predicted molar refractivity (Wildman–Crippen MR) is 113 cm³/mol. The lowest BCUT2D eigenvalue weighted by Gasteiger charge is -2.06. The maximum absolute atomic E-state index is 12.1. The van der Waals surface area contributed by atoms with Gasteiger partial charge in [-0.25, -0.2) is 4.98 Å². The first kappa shape index (κ1) is 18.9. The Morgan fingerprint density at radius 2 is 1.93 bits per heavy atom. The topological polar surface area (TPSA) is 55.1 Å². The Balaban J connectivity index is 1.16. The summed E-state index contributed by atoms with van der Waals surface area (Å²) in [6.45, 7) is 0.705. The summed E-state index contributed by atoms with van der Waals surface area (Å²) in [7, 11) is 0. The molecule has 1 aliphatic rings. The molecule has 0 unspecified atom stereocenters. The van der Waals surface area contributed by atoms with E-state index < -0.39 is 0 Å². The molecule has 5 heteroatoms. The molecule has 28 heavy (non-hydrogen) atoms. The van der Waals surface area contributed by atoms with Crippen LogP contribution >= 0.6 is 11.3 Å². The minimum atomic E-state index is 0.0797. The Kier molecular flexibility index (Phi) is 6.22. The first-order chi connectivity index (χ1) is 13.8. The predicted octanol–water partition coefficient (Wildman–Crippen LogP) is 4.96. The molecule has 0 atom stereocenters. The van der Waals surface area contributed by atoms with Gasteiger partial charge in [-0.1, -0.05) is 30.3 Å². The van der Waals surface area contributed by atoms with Gasteiger partial charge >= 0.3 is 0 Å². The zero-order valence-electron chi connectivity index (χ0n) is 16.1. The molecule has 4 nitrogen and oxygen atoms in total. The fraction of sp³-hybridized carbons (Fsp3) is 0.391. The first-order valence-corrected chi connectivity index (χ1v) is 11.0. The Bertz CT molecular complexity index is 890. The van der Waals surface area contributed by atoms with E-state index in [4.69, 9.17) is 9.40 Å². The third kappa shape index (κ3) is 4.90. The highest BCUT2D eigenvalue weighted by atomic mass is 32.1. The Morgan fingerprint density at radius 1 is 1.07 bits per heavy atom. The third-order valence-corrected chi connectivity index (χ3v) is 6.32. The van der Waals surface area contributed by atoms with Gasteiger partial charge in [-0.05, 0) is 44.2 Å². The van der Waals surface area contributed by atoms with Crippen molar-refractivity contribution in [3.63, 3.8) is 0 Å². The van der Waals surface area contributed by atoms with E-state index in [1.54, 1.807) is 0 Å². The highest BCUT2D eigenvalue weighted by Gasteiger charge is 2.14. The number of aromatic nitrogens is 1. The van der Waals surface area contributed by atoms with Crippen molar-refractivity contribution in [1.29, 1.82) is 0 Å². The molecule has 2 aromatic heterocycles. The lowest BCUT2D eigenvalue weighted by atomic mass is 10.0. The summed E-state index contributed by atoms with van der Waals surface area (Å²) < 4.78 is 5.86. The molecule has 1 aromatic carbocycles. The van der Waals surface area contributed by atoms with Crippen molar-refractivity contribution in [3.05, 3.63) is 63.8 Å². The van der Waals surface area contributed by atoms with Crippen molar-refractivity contribution in [2.24, 2.45) is 0 Å². The number of rotatable bonds is 8. The number of amides is 1. The number of carbonyl (C=O) groups is 1. The van der Waals surface area contributed by atoms with Gasteiger partial charge in [0.05, 0.1) is 10.7 Å². The SMILES string of the molecule is O=C(CCc1ccc(-c2ccccc2)o1)NCCCc1nc2c(s1)CCCC2. The number of furan rings is 1. The summed E-state index contributed by atoms with van der Waals surface area (Å²) >= 11 is 1.87. The number of nitrogens with zero attached hydrogens (tertiary/aromatic N) is 1. The molecule has 0 aliphatic heterocycles. The highest BCUT2D eigenvalue weighted by Crippen LogP contribution is 2.27. The largest absolute Gasteiger partial charge is 0.461 e. The van der Waals surface area contributed by atoms with Crippen molar-refractivity contribution in [2.75, 3.05) is 6.54 Å². The van der Waals surface area contributed by atoms with Gasteiger partial charge in [0.1, 0.15) is 11.5 Å².